The van der Waals surface area contributed by atoms with Crippen molar-refractivity contribution in [3.8, 4) is 0 Å². The molecule has 0 spiro atoms. The molecule has 1 N–H and O–H groups in total. The van der Waals surface area contributed by atoms with Crippen molar-refractivity contribution in [1.82, 2.24) is 10.2 Å². The van der Waals surface area contributed by atoms with E-state index in [2.05, 4.69) is 5.32 Å². The molecule has 7 nitrogen and oxygen atoms in total. The van der Waals surface area contributed by atoms with Crippen LogP contribution in [0.1, 0.15) is 44.4 Å². The van der Waals surface area contributed by atoms with Crippen molar-refractivity contribution < 1.29 is 18.0 Å². The number of amides is 2. The van der Waals surface area contributed by atoms with Gasteiger partial charge in [-0.3, -0.25) is 13.9 Å². The van der Waals surface area contributed by atoms with Gasteiger partial charge in [-0.1, -0.05) is 59.1 Å². The molecule has 0 aliphatic rings. The Bertz CT molecular complexity index is 1490. The van der Waals surface area contributed by atoms with Crippen LogP contribution in [0.15, 0.2) is 71.6 Å². The highest BCUT2D eigenvalue weighted by molar-refractivity contribution is 7.92. The number of hydrogen-bond acceptors (Lipinski definition) is 4. The third-order valence-electron chi connectivity index (χ3n) is 6.24. The van der Waals surface area contributed by atoms with Crippen LogP contribution in [-0.4, -0.2) is 43.3 Å². The quantitative estimate of drug-likeness (QED) is 0.318. The molecule has 1 unspecified atom stereocenters. The summed E-state index contributed by atoms with van der Waals surface area (Å²) in [6, 6.07) is 17.3. The van der Waals surface area contributed by atoms with Gasteiger partial charge in [0.05, 0.1) is 10.6 Å². The maximum Gasteiger partial charge on any atom is 0.264 e. The molecule has 0 aliphatic carbocycles. The van der Waals surface area contributed by atoms with E-state index in [-0.39, 0.29) is 23.0 Å². The van der Waals surface area contributed by atoms with Crippen molar-refractivity contribution in [3.63, 3.8) is 0 Å². The fraction of sp³-hybridized carbons (Fsp3) is 0.333. The molecule has 0 aromatic heterocycles. The zero-order valence-electron chi connectivity index (χ0n) is 23.5. The molecule has 0 aliphatic heterocycles. The van der Waals surface area contributed by atoms with Crippen LogP contribution in [0, 0.1) is 13.8 Å². The second kappa shape index (κ2) is 12.6. The Balaban J connectivity index is 2.08. The summed E-state index contributed by atoms with van der Waals surface area (Å²) in [5.41, 5.74) is 1.95. The minimum Gasteiger partial charge on any atom is -0.350 e. The van der Waals surface area contributed by atoms with Crippen LogP contribution in [0.5, 0.6) is 0 Å². The maximum atomic E-state index is 14.0. The van der Waals surface area contributed by atoms with E-state index in [9.17, 15) is 18.0 Å². The van der Waals surface area contributed by atoms with E-state index < -0.39 is 34.1 Å². The first-order valence-electron chi connectivity index (χ1n) is 12.8. The molecular formula is C30H35Cl2N3O4S. The number of benzene rings is 3. The van der Waals surface area contributed by atoms with Crippen LogP contribution in [-0.2, 0) is 26.2 Å². The van der Waals surface area contributed by atoms with E-state index in [0.29, 0.717) is 21.2 Å². The number of rotatable bonds is 9. The average molecular weight is 605 g/mol. The largest absolute Gasteiger partial charge is 0.350 e. The highest BCUT2D eigenvalue weighted by Gasteiger charge is 2.34. The molecule has 3 aromatic carbocycles. The van der Waals surface area contributed by atoms with E-state index in [1.165, 1.54) is 23.1 Å². The van der Waals surface area contributed by atoms with Gasteiger partial charge in [0.15, 0.2) is 0 Å². The summed E-state index contributed by atoms with van der Waals surface area (Å²) in [5, 5.41) is 3.71. The number of carbonyl (C=O) groups excluding carboxylic acids is 2. The van der Waals surface area contributed by atoms with Crippen molar-refractivity contribution in [1.29, 1.82) is 0 Å². The number of aryl methyl sites for hydroxylation is 2. The summed E-state index contributed by atoms with van der Waals surface area (Å²) in [4.78, 5) is 28.6. The van der Waals surface area contributed by atoms with Gasteiger partial charge in [0.25, 0.3) is 10.0 Å². The van der Waals surface area contributed by atoms with Crippen LogP contribution in [0.2, 0.25) is 10.0 Å². The van der Waals surface area contributed by atoms with E-state index in [1.54, 1.807) is 62.4 Å². The van der Waals surface area contributed by atoms with Gasteiger partial charge in [0.2, 0.25) is 11.8 Å². The van der Waals surface area contributed by atoms with E-state index in [0.717, 1.165) is 9.87 Å². The van der Waals surface area contributed by atoms with E-state index >= 15 is 0 Å². The van der Waals surface area contributed by atoms with Gasteiger partial charge >= 0.3 is 0 Å². The third kappa shape index (κ3) is 7.99. The number of sulfonamides is 1. The van der Waals surface area contributed by atoms with Gasteiger partial charge in [-0.25, -0.2) is 8.42 Å². The van der Waals surface area contributed by atoms with Gasteiger partial charge < -0.3 is 10.2 Å². The van der Waals surface area contributed by atoms with Crippen LogP contribution < -0.4 is 9.62 Å². The number of nitrogens with one attached hydrogen (secondary N) is 1. The second-order valence-electron chi connectivity index (χ2n) is 10.8. The lowest BCUT2D eigenvalue weighted by Gasteiger charge is -2.34. The molecule has 3 aromatic rings. The van der Waals surface area contributed by atoms with E-state index in [4.69, 9.17) is 23.2 Å². The summed E-state index contributed by atoms with van der Waals surface area (Å²) >= 11 is 12.5. The van der Waals surface area contributed by atoms with Crippen molar-refractivity contribution in [2.45, 2.75) is 64.6 Å². The number of anilines is 1. The predicted octanol–water partition coefficient (Wildman–Crippen LogP) is 6.14. The van der Waals surface area contributed by atoms with Gasteiger partial charge in [-0.2, -0.15) is 0 Å². The molecule has 0 fully saturated rings. The summed E-state index contributed by atoms with van der Waals surface area (Å²) in [5.74, 6) is -0.929. The standard InChI is InChI=1S/C30H35Cl2N3O4S/c1-20-10-14-26(15-11-20)40(38,39)35(27-17-25(32)13-12-21(27)2)19-28(36)34(18-23-8-7-9-24(31)16-23)22(3)29(37)33-30(4,5)6/h7-17,22H,18-19H2,1-6H3,(H,33,37). The number of nitrogens with zero attached hydrogens (tertiary/aromatic N) is 2. The van der Waals surface area contributed by atoms with Gasteiger partial charge in [-0.15, -0.1) is 0 Å². The molecule has 40 heavy (non-hydrogen) atoms. The maximum absolute atomic E-state index is 14.0. The Hall–Kier alpha value is -3.07. The van der Waals surface area contributed by atoms with Crippen molar-refractivity contribution in [2.24, 2.45) is 0 Å². The Morgan fingerprint density at radius 2 is 1.55 bits per heavy atom. The first-order chi connectivity index (χ1) is 18.6. The molecule has 0 bridgehead atoms. The number of carbonyl (C=O) groups is 2. The Kier molecular flexibility index (Phi) is 9.93. The molecule has 2 amide bonds. The molecule has 0 heterocycles. The van der Waals surface area contributed by atoms with E-state index in [1.807, 2.05) is 27.7 Å². The highest BCUT2D eigenvalue weighted by Crippen LogP contribution is 2.30. The number of hydrogen-bond donors (Lipinski definition) is 1. The SMILES string of the molecule is Cc1ccc(S(=O)(=O)N(CC(=O)N(Cc2cccc(Cl)c2)C(C)C(=O)NC(C)(C)C)c2cc(Cl)ccc2C)cc1. The summed E-state index contributed by atoms with van der Waals surface area (Å²) in [6.45, 7) is 10.3. The van der Waals surface area contributed by atoms with Gasteiger partial charge in [-0.05, 0) is 89.1 Å². The van der Waals surface area contributed by atoms with Crippen molar-refractivity contribution in [2.75, 3.05) is 10.8 Å². The molecule has 10 heteroatoms. The summed E-state index contributed by atoms with van der Waals surface area (Å²) in [6.07, 6.45) is 0. The first kappa shape index (κ1) is 31.5. The molecule has 3 rings (SSSR count). The minimum absolute atomic E-state index is 0.0326. The molecule has 214 valence electrons. The molecule has 0 saturated heterocycles. The third-order valence-corrected chi connectivity index (χ3v) is 8.48. The zero-order valence-corrected chi connectivity index (χ0v) is 25.9. The van der Waals surface area contributed by atoms with Gasteiger partial charge in [0.1, 0.15) is 12.6 Å². The normalized spacial score (nSPS) is 12.5. The molecule has 1 atom stereocenters. The monoisotopic (exact) mass is 603 g/mol. The minimum atomic E-state index is -4.19. The highest BCUT2D eigenvalue weighted by atomic mass is 35.5. The lowest BCUT2D eigenvalue weighted by Crippen LogP contribution is -2.54. The van der Waals surface area contributed by atoms with Crippen LogP contribution in [0.3, 0.4) is 0 Å². The fourth-order valence-corrected chi connectivity index (χ4v) is 5.94. The lowest BCUT2D eigenvalue weighted by atomic mass is 10.1. The zero-order chi connectivity index (χ0) is 29.8. The van der Waals surface area contributed by atoms with Crippen molar-refractivity contribution in [3.05, 3.63) is 93.5 Å². The lowest BCUT2D eigenvalue weighted by molar-refractivity contribution is -0.140. The number of halogens is 2. The fourth-order valence-electron chi connectivity index (χ4n) is 4.09. The smallest absolute Gasteiger partial charge is 0.264 e. The Morgan fingerprint density at radius 1 is 0.925 bits per heavy atom. The van der Waals surface area contributed by atoms with Crippen molar-refractivity contribution >= 4 is 50.7 Å². The molecule has 0 saturated carbocycles. The Labute approximate surface area is 247 Å². The average Bonchev–Trinajstić information content (AvgIpc) is 2.86. The Morgan fingerprint density at radius 3 is 2.15 bits per heavy atom. The van der Waals surface area contributed by atoms with Gasteiger partial charge in [0, 0.05) is 22.1 Å². The van der Waals surface area contributed by atoms with Crippen LogP contribution in [0.4, 0.5) is 5.69 Å². The van der Waals surface area contributed by atoms with Crippen LogP contribution >= 0.6 is 23.2 Å². The second-order valence-corrected chi connectivity index (χ2v) is 13.6. The topological polar surface area (TPSA) is 86.8 Å². The van der Waals surface area contributed by atoms with Crippen LogP contribution in [0.25, 0.3) is 0 Å². The first-order valence-corrected chi connectivity index (χ1v) is 15.0. The molecular weight excluding hydrogens is 569 g/mol. The molecule has 0 radical (unpaired) electrons. The predicted molar refractivity (Wildman–Crippen MR) is 161 cm³/mol. The summed E-state index contributed by atoms with van der Waals surface area (Å²) in [7, 11) is -4.19. The summed E-state index contributed by atoms with van der Waals surface area (Å²) < 4.78 is 29.0.